The molecule has 0 aromatic heterocycles. The molecule has 1 fully saturated rings. The summed E-state index contributed by atoms with van der Waals surface area (Å²) in [6.45, 7) is 3.92. The van der Waals surface area contributed by atoms with E-state index in [1.807, 2.05) is 6.07 Å². The van der Waals surface area contributed by atoms with Gasteiger partial charge in [0.15, 0.2) is 6.61 Å². The van der Waals surface area contributed by atoms with Crippen molar-refractivity contribution in [3.63, 3.8) is 0 Å². The average molecular weight is 277 g/mol. The van der Waals surface area contributed by atoms with Crippen LogP contribution in [0.5, 0.6) is 5.75 Å². The summed E-state index contributed by atoms with van der Waals surface area (Å²) < 4.78 is 5.34. The Balaban J connectivity index is 1.76. The van der Waals surface area contributed by atoms with Crippen molar-refractivity contribution in [2.24, 2.45) is 0 Å². The zero-order chi connectivity index (χ0) is 14.1. The van der Waals surface area contributed by atoms with E-state index in [4.69, 9.17) is 10.5 Å². The number of benzene rings is 1. The molecule has 3 rings (SSSR count). The number of anilines is 3. The lowest BCUT2D eigenvalue weighted by Gasteiger charge is -2.33. The highest BCUT2D eigenvalue weighted by Crippen LogP contribution is 2.35. The lowest BCUT2D eigenvalue weighted by molar-refractivity contribution is -0.118. The molecule has 1 aromatic carbocycles. The quantitative estimate of drug-likeness (QED) is 0.669. The molecular formula is C13H19N5O2. The van der Waals surface area contributed by atoms with Crippen molar-refractivity contribution in [2.75, 3.05) is 56.3 Å². The van der Waals surface area contributed by atoms with Gasteiger partial charge in [-0.05, 0) is 13.1 Å². The topological polar surface area (TPSA) is 82.9 Å². The molecule has 1 saturated heterocycles. The molecule has 1 aromatic rings. The number of carbonyl (C=O) groups is 1. The highest BCUT2D eigenvalue weighted by atomic mass is 16.5. The molecule has 108 valence electrons. The van der Waals surface area contributed by atoms with Crippen molar-refractivity contribution in [1.82, 2.24) is 9.91 Å². The second kappa shape index (κ2) is 5.18. The molecule has 0 saturated carbocycles. The van der Waals surface area contributed by atoms with Crippen LogP contribution in [0.25, 0.3) is 0 Å². The van der Waals surface area contributed by atoms with Gasteiger partial charge in [-0.15, -0.1) is 0 Å². The Morgan fingerprint density at radius 1 is 1.30 bits per heavy atom. The number of piperazine rings is 1. The fourth-order valence-corrected chi connectivity index (χ4v) is 2.33. The van der Waals surface area contributed by atoms with Crippen molar-refractivity contribution < 1.29 is 9.53 Å². The van der Waals surface area contributed by atoms with Gasteiger partial charge in [0.2, 0.25) is 0 Å². The van der Waals surface area contributed by atoms with Crippen LogP contribution in [-0.2, 0) is 4.79 Å². The molecule has 0 aliphatic carbocycles. The molecule has 0 radical (unpaired) electrons. The Hall–Kier alpha value is -1.99. The highest BCUT2D eigenvalue weighted by molar-refractivity contribution is 5.97. The van der Waals surface area contributed by atoms with Crippen LogP contribution in [0.2, 0.25) is 0 Å². The molecule has 0 bridgehead atoms. The van der Waals surface area contributed by atoms with Crippen LogP contribution in [0, 0.1) is 0 Å². The van der Waals surface area contributed by atoms with Crippen molar-refractivity contribution in [3.05, 3.63) is 12.1 Å². The third-order valence-corrected chi connectivity index (χ3v) is 3.57. The van der Waals surface area contributed by atoms with E-state index >= 15 is 0 Å². The van der Waals surface area contributed by atoms with E-state index in [0.717, 1.165) is 31.9 Å². The minimum atomic E-state index is -0.146. The number of nitrogens with two attached hydrogens (primary N) is 1. The average Bonchev–Trinajstić information content (AvgIpc) is 2.42. The van der Waals surface area contributed by atoms with Crippen LogP contribution in [0.3, 0.4) is 0 Å². The van der Waals surface area contributed by atoms with Gasteiger partial charge < -0.3 is 26.1 Å². The maximum atomic E-state index is 11.3. The first-order valence-corrected chi connectivity index (χ1v) is 6.68. The summed E-state index contributed by atoms with van der Waals surface area (Å²) in [5.41, 5.74) is 11.4. The van der Waals surface area contributed by atoms with E-state index in [0.29, 0.717) is 17.1 Å². The fraction of sp³-hybridized carbons (Fsp3) is 0.462. The number of nitrogens with one attached hydrogen (secondary N) is 2. The number of fused-ring (bicyclic) bond motifs is 1. The predicted molar refractivity (Wildman–Crippen MR) is 77.7 cm³/mol. The van der Waals surface area contributed by atoms with Gasteiger partial charge in [0, 0.05) is 32.2 Å². The van der Waals surface area contributed by atoms with Gasteiger partial charge >= 0.3 is 0 Å². The van der Waals surface area contributed by atoms with E-state index in [-0.39, 0.29) is 12.5 Å². The smallest absolute Gasteiger partial charge is 0.262 e. The Labute approximate surface area is 117 Å². The summed E-state index contributed by atoms with van der Waals surface area (Å²) in [5.74, 6) is 0.471. The van der Waals surface area contributed by atoms with Crippen LogP contribution < -0.4 is 21.2 Å². The SMILES string of the molecule is CN1CCN(Nc2cc3c(cc2N)OCC(=O)N3)CC1. The number of carbonyl (C=O) groups excluding carboxylic acids is 1. The second-order valence-electron chi connectivity index (χ2n) is 5.17. The third-order valence-electron chi connectivity index (χ3n) is 3.57. The molecule has 1 amide bonds. The van der Waals surface area contributed by atoms with Gasteiger partial charge in [-0.1, -0.05) is 0 Å². The summed E-state index contributed by atoms with van der Waals surface area (Å²) in [6, 6.07) is 3.56. The first kappa shape index (κ1) is 13.0. The van der Waals surface area contributed by atoms with Gasteiger partial charge in [-0.2, -0.15) is 0 Å². The molecule has 2 aliphatic rings. The number of ether oxygens (including phenoxy) is 1. The third kappa shape index (κ3) is 2.63. The Kier molecular flexibility index (Phi) is 3.37. The molecule has 7 nitrogen and oxygen atoms in total. The van der Waals surface area contributed by atoms with E-state index in [9.17, 15) is 4.79 Å². The number of hydrogen-bond donors (Lipinski definition) is 3. The molecule has 20 heavy (non-hydrogen) atoms. The van der Waals surface area contributed by atoms with Gasteiger partial charge in [0.25, 0.3) is 5.91 Å². The summed E-state index contributed by atoms with van der Waals surface area (Å²) in [6.07, 6.45) is 0. The van der Waals surface area contributed by atoms with Gasteiger partial charge in [-0.25, -0.2) is 5.01 Å². The maximum absolute atomic E-state index is 11.3. The molecular weight excluding hydrogens is 258 g/mol. The Morgan fingerprint density at radius 2 is 2.05 bits per heavy atom. The minimum absolute atomic E-state index is 0.0394. The number of hydrazine groups is 1. The Bertz CT molecular complexity index is 526. The first-order chi connectivity index (χ1) is 9.61. The van der Waals surface area contributed by atoms with Crippen LogP contribution in [-0.4, -0.2) is 55.6 Å². The van der Waals surface area contributed by atoms with Crippen LogP contribution in [0.15, 0.2) is 12.1 Å². The molecule has 2 aliphatic heterocycles. The van der Waals surface area contributed by atoms with Gasteiger partial charge in [0.1, 0.15) is 5.75 Å². The number of amides is 1. The van der Waals surface area contributed by atoms with Crippen LogP contribution in [0.1, 0.15) is 0 Å². The zero-order valence-corrected chi connectivity index (χ0v) is 11.5. The fourth-order valence-electron chi connectivity index (χ4n) is 2.33. The van der Waals surface area contributed by atoms with E-state index in [1.54, 1.807) is 6.07 Å². The van der Waals surface area contributed by atoms with Crippen molar-refractivity contribution in [2.45, 2.75) is 0 Å². The van der Waals surface area contributed by atoms with E-state index in [1.165, 1.54) is 0 Å². The summed E-state index contributed by atoms with van der Waals surface area (Å²) in [4.78, 5) is 13.6. The highest BCUT2D eigenvalue weighted by Gasteiger charge is 2.19. The lowest BCUT2D eigenvalue weighted by Crippen LogP contribution is -2.47. The van der Waals surface area contributed by atoms with Crippen molar-refractivity contribution in [1.29, 1.82) is 0 Å². The zero-order valence-electron chi connectivity index (χ0n) is 11.5. The molecule has 7 heteroatoms. The van der Waals surface area contributed by atoms with Crippen molar-refractivity contribution in [3.8, 4) is 5.75 Å². The van der Waals surface area contributed by atoms with E-state index in [2.05, 4.69) is 27.7 Å². The molecule has 0 unspecified atom stereocenters. The number of rotatable bonds is 2. The largest absolute Gasteiger partial charge is 0.482 e. The molecule has 0 atom stereocenters. The molecule has 4 N–H and O–H groups in total. The number of nitrogen functional groups attached to an aromatic ring is 1. The van der Waals surface area contributed by atoms with Crippen molar-refractivity contribution >= 4 is 23.0 Å². The second-order valence-corrected chi connectivity index (χ2v) is 5.17. The number of hydrogen-bond acceptors (Lipinski definition) is 6. The number of likely N-dealkylation sites (N-methyl/N-ethyl adjacent to an activating group) is 1. The van der Waals surface area contributed by atoms with Gasteiger partial charge in [-0.3, -0.25) is 4.79 Å². The molecule has 2 heterocycles. The normalized spacial score (nSPS) is 19.9. The van der Waals surface area contributed by atoms with Crippen LogP contribution in [0.4, 0.5) is 17.1 Å². The van der Waals surface area contributed by atoms with Gasteiger partial charge in [0.05, 0.1) is 17.1 Å². The standard InChI is InChI=1S/C13H19N5O2/c1-17-2-4-18(5-3-17)16-10-7-11-12(6-9(10)14)20-8-13(19)15-11/h6-7,16H,2-5,8,14H2,1H3,(H,15,19). The summed E-state index contributed by atoms with van der Waals surface area (Å²) in [7, 11) is 2.11. The summed E-state index contributed by atoms with van der Waals surface area (Å²) >= 11 is 0. The first-order valence-electron chi connectivity index (χ1n) is 6.68. The minimum Gasteiger partial charge on any atom is -0.482 e. The molecule has 0 spiro atoms. The van der Waals surface area contributed by atoms with E-state index < -0.39 is 0 Å². The monoisotopic (exact) mass is 277 g/mol. The predicted octanol–water partition coefficient (Wildman–Crippen LogP) is 0.174. The Morgan fingerprint density at radius 3 is 2.80 bits per heavy atom. The van der Waals surface area contributed by atoms with Crippen LogP contribution >= 0.6 is 0 Å². The lowest BCUT2D eigenvalue weighted by atomic mass is 10.2. The maximum Gasteiger partial charge on any atom is 0.262 e. The summed E-state index contributed by atoms with van der Waals surface area (Å²) in [5, 5.41) is 4.91. The number of nitrogens with zero attached hydrogens (tertiary/aromatic N) is 2.